The summed E-state index contributed by atoms with van der Waals surface area (Å²) in [6.45, 7) is 0.655. The van der Waals surface area contributed by atoms with E-state index in [1.165, 1.54) is 5.56 Å². The number of carbonyl (C=O) groups is 1. The van der Waals surface area contributed by atoms with Crippen LogP contribution in [-0.4, -0.2) is 25.7 Å². The van der Waals surface area contributed by atoms with Gasteiger partial charge in [0.2, 0.25) is 5.95 Å². The number of halogens is 1. The predicted molar refractivity (Wildman–Crippen MR) is 130 cm³/mol. The Labute approximate surface area is 194 Å². The second-order valence-electron chi connectivity index (χ2n) is 7.71. The molecule has 0 spiro atoms. The van der Waals surface area contributed by atoms with Crippen molar-refractivity contribution in [1.82, 2.24) is 19.7 Å². The van der Waals surface area contributed by atoms with Crippen molar-refractivity contribution >= 4 is 45.3 Å². The molecule has 2 N–H and O–H groups in total. The Morgan fingerprint density at radius 2 is 1.76 bits per heavy atom. The van der Waals surface area contributed by atoms with Crippen molar-refractivity contribution in [1.29, 1.82) is 0 Å². The number of amides is 1. The monoisotopic (exact) mass is 457 g/mol. The van der Waals surface area contributed by atoms with E-state index in [1.807, 2.05) is 34.9 Å². The van der Waals surface area contributed by atoms with Crippen LogP contribution in [0.15, 0.2) is 77.6 Å². The van der Waals surface area contributed by atoms with E-state index in [0.29, 0.717) is 33.8 Å². The van der Waals surface area contributed by atoms with Crippen molar-refractivity contribution in [3.05, 3.63) is 99.4 Å². The molecule has 0 saturated heterocycles. The van der Waals surface area contributed by atoms with Crippen LogP contribution in [0.1, 0.15) is 22.5 Å². The number of aryl methyl sites for hydroxylation is 2. The van der Waals surface area contributed by atoms with Gasteiger partial charge in [0.1, 0.15) is 0 Å². The van der Waals surface area contributed by atoms with Gasteiger partial charge in [0.15, 0.2) is 5.69 Å². The number of nitrogens with one attached hydrogen (secondary N) is 2. The average molecular weight is 458 g/mol. The highest BCUT2D eigenvalue weighted by atomic mass is 35.5. The van der Waals surface area contributed by atoms with Crippen LogP contribution in [0.25, 0.3) is 21.8 Å². The Hall–Kier alpha value is -3.97. The summed E-state index contributed by atoms with van der Waals surface area (Å²) >= 11 is 6.17. The summed E-state index contributed by atoms with van der Waals surface area (Å²) in [6.07, 6.45) is 1.76. The molecule has 33 heavy (non-hydrogen) atoms. The third-order valence-corrected chi connectivity index (χ3v) is 5.77. The normalized spacial score (nSPS) is 11.2. The number of fused-ring (bicyclic) bond motifs is 2. The first-order chi connectivity index (χ1) is 16.1. The van der Waals surface area contributed by atoms with Crippen molar-refractivity contribution in [2.24, 2.45) is 0 Å². The summed E-state index contributed by atoms with van der Waals surface area (Å²) in [7, 11) is 0. The van der Waals surface area contributed by atoms with Crippen LogP contribution < -0.4 is 10.9 Å². The van der Waals surface area contributed by atoms with Gasteiger partial charge in [-0.2, -0.15) is 5.10 Å². The van der Waals surface area contributed by atoms with Gasteiger partial charge in [0.25, 0.3) is 11.5 Å². The average Bonchev–Trinajstić information content (AvgIpc) is 3.16. The summed E-state index contributed by atoms with van der Waals surface area (Å²) in [4.78, 5) is 29.8. The predicted octanol–water partition coefficient (Wildman–Crippen LogP) is 4.81. The maximum absolute atomic E-state index is 13.2. The van der Waals surface area contributed by atoms with E-state index >= 15 is 0 Å². The molecule has 3 aromatic carbocycles. The second-order valence-corrected chi connectivity index (χ2v) is 8.15. The van der Waals surface area contributed by atoms with E-state index in [0.717, 1.165) is 18.4 Å². The zero-order valence-corrected chi connectivity index (χ0v) is 18.3. The topological polar surface area (TPSA) is 92.7 Å². The first-order valence-corrected chi connectivity index (χ1v) is 11.0. The molecule has 0 unspecified atom stereocenters. The van der Waals surface area contributed by atoms with Gasteiger partial charge in [-0.1, -0.05) is 60.1 Å². The molecule has 2 heterocycles. The van der Waals surface area contributed by atoms with Crippen molar-refractivity contribution in [2.45, 2.75) is 19.4 Å². The van der Waals surface area contributed by atoms with Crippen LogP contribution in [0.3, 0.4) is 0 Å². The minimum Gasteiger partial charge on any atom is -0.310 e. The highest BCUT2D eigenvalue weighted by Gasteiger charge is 2.18. The smallest absolute Gasteiger partial charge is 0.279 e. The van der Waals surface area contributed by atoms with E-state index in [4.69, 9.17) is 11.6 Å². The van der Waals surface area contributed by atoms with E-state index in [9.17, 15) is 9.59 Å². The van der Waals surface area contributed by atoms with Crippen LogP contribution in [0, 0.1) is 0 Å². The lowest BCUT2D eigenvalue weighted by Gasteiger charge is -2.11. The molecular formula is C25H20ClN5O2. The van der Waals surface area contributed by atoms with E-state index in [-0.39, 0.29) is 11.3 Å². The summed E-state index contributed by atoms with van der Waals surface area (Å²) in [6, 6.07) is 22.6. The van der Waals surface area contributed by atoms with Crippen molar-refractivity contribution in [2.75, 3.05) is 5.32 Å². The molecule has 0 fully saturated rings. The quantitative estimate of drug-likeness (QED) is 0.382. The lowest BCUT2D eigenvalue weighted by molar-refractivity contribution is 0.102. The minimum absolute atomic E-state index is 0.131. The molecule has 0 saturated carbocycles. The first kappa shape index (κ1) is 20.9. The van der Waals surface area contributed by atoms with Gasteiger partial charge < -0.3 is 4.57 Å². The molecule has 0 bridgehead atoms. The largest absolute Gasteiger partial charge is 0.310 e. The molecule has 5 rings (SSSR count). The zero-order valence-electron chi connectivity index (χ0n) is 17.6. The molecule has 0 aliphatic rings. The number of hydrogen-bond donors (Lipinski definition) is 2. The number of aromatic amines is 1. The number of hydrogen-bond acceptors (Lipinski definition) is 4. The number of anilines is 1. The maximum atomic E-state index is 13.2. The molecule has 2 aromatic heterocycles. The number of aromatic nitrogens is 4. The SMILES string of the molecule is O=C(Nc1nc2cc(Cl)ccc2n1CCCc1ccccc1)c1n[nH]c(=O)c2ccccc12. The number of rotatable bonds is 6. The molecule has 0 aliphatic carbocycles. The molecule has 164 valence electrons. The van der Waals surface area contributed by atoms with Crippen LogP contribution in [-0.2, 0) is 13.0 Å². The fraction of sp³-hybridized carbons (Fsp3) is 0.120. The van der Waals surface area contributed by atoms with Gasteiger partial charge in [0, 0.05) is 17.0 Å². The summed E-state index contributed by atoms with van der Waals surface area (Å²) in [5.74, 6) is -0.0458. The van der Waals surface area contributed by atoms with E-state index in [1.54, 1.807) is 30.3 Å². The van der Waals surface area contributed by atoms with Gasteiger partial charge in [0.05, 0.1) is 16.4 Å². The lowest BCUT2D eigenvalue weighted by atomic mass is 10.1. The standard InChI is InChI=1S/C25H20ClN5O2/c26-17-12-13-21-20(15-17)27-25(31(21)14-6-9-16-7-2-1-3-8-16)28-24(33)22-18-10-4-5-11-19(18)23(32)30-29-22/h1-5,7-8,10-13,15H,6,9,14H2,(H,30,32)(H,27,28,33). The summed E-state index contributed by atoms with van der Waals surface area (Å²) < 4.78 is 1.97. The molecule has 5 aromatic rings. The Morgan fingerprint density at radius 1 is 1.00 bits per heavy atom. The van der Waals surface area contributed by atoms with Gasteiger partial charge in [-0.15, -0.1) is 0 Å². The maximum Gasteiger partial charge on any atom is 0.279 e. The number of nitrogens with zero attached hydrogens (tertiary/aromatic N) is 3. The number of H-pyrrole nitrogens is 1. The van der Waals surface area contributed by atoms with Crippen molar-refractivity contribution in [3.8, 4) is 0 Å². The van der Waals surface area contributed by atoms with Gasteiger partial charge >= 0.3 is 0 Å². The highest BCUT2D eigenvalue weighted by Crippen LogP contribution is 2.25. The molecule has 0 atom stereocenters. The third-order valence-electron chi connectivity index (χ3n) is 5.54. The number of imidazole rings is 1. The molecule has 0 aliphatic heterocycles. The van der Waals surface area contributed by atoms with Gasteiger partial charge in [-0.3, -0.25) is 14.9 Å². The molecular weight excluding hydrogens is 438 g/mol. The van der Waals surface area contributed by atoms with Gasteiger partial charge in [-0.25, -0.2) is 10.1 Å². The Balaban J connectivity index is 1.47. The fourth-order valence-electron chi connectivity index (χ4n) is 3.96. The highest BCUT2D eigenvalue weighted by molar-refractivity contribution is 6.31. The Bertz CT molecular complexity index is 1520. The number of carbonyl (C=O) groups excluding carboxylic acids is 1. The molecule has 0 radical (unpaired) electrons. The van der Waals surface area contributed by atoms with Crippen molar-refractivity contribution < 1.29 is 4.79 Å². The fourth-order valence-corrected chi connectivity index (χ4v) is 4.13. The molecule has 1 amide bonds. The number of benzene rings is 3. The second kappa shape index (κ2) is 8.88. The van der Waals surface area contributed by atoms with Gasteiger partial charge in [-0.05, 0) is 42.7 Å². The van der Waals surface area contributed by atoms with Crippen LogP contribution in [0.5, 0.6) is 0 Å². The van der Waals surface area contributed by atoms with Crippen LogP contribution in [0.4, 0.5) is 5.95 Å². The lowest BCUT2D eigenvalue weighted by Crippen LogP contribution is -2.21. The summed E-state index contributed by atoms with van der Waals surface area (Å²) in [5, 5.41) is 10.7. The van der Waals surface area contributed by atoms with Crippen molar-refractivity contribution in [3.63, 3.8) is 0 Å². The van der Waals surface area contributed by atoms with Crippen LogP contribution in [0.2, 0.25) is 5.02 Å². The first-order valence-electron chi connectivity index (χ1n) is 10.6. The zero-order chi connectivity index (χ0) is 22.8. The molecule has 7 nitrogen and oxygen atoms in total. The van der Waals surface area contributed by atoms with E-state index in [2.05, 4.69) is 32.6 Å². The minimum atomic E-state index is -0.451. The van der Waals surface area contributed by atoms with Crippen LogP contribution >= 0.6 is 11.6 Å². The van der Waals surface area contributed by atoms with E-state index < -0.39 is 5.91 Å². The third kappa shape index (κ3) is 4.23. The summed E-state index contributed by atoms with van der Waals surface area (Å²) in [5.41, 5.74) is 2.61. The Morgan fingerprint density at radius 3 is 2.58 bits per heavy atom. The molecule has 8 heteroatoms. The Kier molecular flexibility index (Phi) is 5.62.